The highest BCUT2D eigenvalue weighted by atomic mass is 32.2. The molecule has 3 rings (SSSR count). The Bertz CT molecular complexity index is 381. The molecule has 1 saturated heterocycles. The van der Waals surface area contributed by atoms with Gasteiger partial charge in [0, 0.05) is 24.3 Å². The van der Waals surface area contributed by atoms with Crippen LogP contribution in [0, 0.1) is 0 Å². The number of carbonyl (C=O) groups is 1. The van der Waals surface area contributed by atoms with Gasteiger partial charge in [-0.2, -0.15) is 0 Å². The van der Waals surface area contributed by atoms with Gasteiger partial charge in [0.2, 0.25) is 0 Å². The van der Waals surface area contributed by atoms with Crippen LogP contribution in [0.4, 0.5) is 0 Å². The van der Waals surface area contributed by atoms with Gasteiger partial charge in [0.05, 0.1) is 5.88 Å². The van der Waals surface area contributed by atoms with Crippen LogP contribution in [-0.4, -0.2) is 34.1 Å². The van der Waals surface area contributed by atoms with Crippen molar-refractivity contribution in [3.05, 3.63) is 17.5 Å². The minimum Gasteiger partial charge on any atom is -0.360 e. The summed E-state index contributed by atoms with van der Waals surface area (Å²) >= 11 is 1.78. The van der Waals surface area contributed by atoms with Crippen molar-refractivity contribution in [2.75, 3.05) is 18.2 Å². The topological polar surface area (TPSA) is 46.3 Å². The number of nitrogens with zero attached hydrogens (tertiary/aromatic N) is 2. The molecule has 4 nitrogen and oxygen atoms in total. The summed E-state index contributed by atoms with van der Waals surface area (Å²) in [5.41, 5.74) is 0.472. The number of amides is 1. The lowest BCUT2D eigenvalue weighted by Gasteiger charge is -2.11. The third-order valence-electron chi connectivity index (χ3n) is 2.77. The molecule has 0 atom stereocenters. The van der Waals surface area contributed by atoms with E-state index in [0.29, 0.717) is 11.6 Å². The maximum atomic E-state index is 11.9. The van der Waals surface area contributed by atoms with E-state index in [9.17, 15) is 4.79 Å². The second-order valence-electron chi connectivity index (χ2n) is 3.99. The maximum absolute atomic E-state index is 11.9. The van der Waals surface area contributed by atoms with Gasteiger partial charge in [-0.1, -0.05) is 5.16 Å². The highest BCUT2D eigenvalue weighted by Gasteiger charge is 2.30. The van der Waals surface area contributed by atoms with Crippen molar-refractivity contribution >= 4 is 17.7 Å². The number of rotatable bonds is 2. The van der Waals surface area contributed by atoms with Gasteiger partial charge >= 0.3 is 0 Å². The average Bonchev–Trinajstić information content (AvgIpc) is 2.83. The minimum atomic E-state index is 0.00986. The smallest absolute Gasteiger partial charge is 0.276 e. The zero-order valence-electron chi connectivity index (χ0n) is 8.31. The molecule has 0 spiro atoms. The molecule has 15 heavy (non-hydrogen) atoms. The largest absolute Gasteiger partial charge is 0.360 e. The molecule has 80 valence electrons. The molecule has 1 aromatic rings. The summed E-state index contributed by atoms with van der Waals surface area (Å²) in [5, 5.41) is 3.85. The Hall–Kier alpha value is -0.970. The van der Waals surface area contributed by atoms with Crippen molar-refractivity contribution in [3.8, 4) is 0 Å². The van der Waals surface area contributed by atoms with Crippen molar-refractivity contribution in [2.24, 2.45) is 0 Å². The Labute approximate surface area is 92.0 Å². The summed E-state index contributed by atoms with van der Waals surface area (Å²) in [5.74, 6) is 3.22. The van der Waals surface area contributed by atoms with E-state index < -0.39 is 0 Å². The predicted octanol–water partition coefficient (Wildman–Crippen LogP) is 1.70. The molecule has 1 aliphatic carbocycles. The van der Waals surface area contributed by atoms with Crippen LogP contribution in [0.2, 0.25) is 0 Å². The fraction of sp³-hybridized carbons (Fsp3) is 0.600. The van der Waals surface area contributed by atoms with E-state index in [1.807, 2.05) is 11.0 Å². The Morgan fingerprint density at radius 2 is 2.47 bits per heavy atom. The number of hydrogen-bond donors (Lipinski definition) is 0. The van der Waals surface area contributed by atoms with E-state index in [-0.39, 0.29) is 5.91 Å². The third kappa shape index (κ3) is 1.76. The molecule has 1 saturated carbocycles. The second-order valence-corrected chi connectivity index (χ2v) is 5.07. The summed E-state index contributed by atoms with van der Waals surface area (Å²) in [4.78, 5) is 13.7. The van der Waals surface area contributed by atoms with Gasteiger partial charge in [-0.25, -0.2) is 0 Å². The second kappa shape index (κ2) is 3.56. The number of carbonyl (C=O) groups excluding carboxylic acids is 1. The van der Waals surface area contributed by atoms with E-state index in [2.05, 4.69) is 5.16 Å². The van der Waals surface area contributed by atoms with Crippen LogP contribution < -0.4 is 0 Å². The lowest BCUT2D eigenvalue weighted by atomic mass is 10.2. The average molecular weight is 224 g/mol. The first kappa shape index (κ1) is 9.27. The molecule has 0 unspecified atom stereocenters. The Balaban J connectivity index is 1.75. The SMILES string of the molecule is O=C(c1cc(C2CC2)on1)N1CCSC1. The Morgan fingerprint density at radius 1 is 1.60 bits per heavy atom. The summed E-state index contributed by atoms with van der Waals surface area (Å²) in [6.07, 6.45) is 2.34. The number of aromatic nitrogens is 1. The summed E-state index contributed by atoms with van der Waals surface area (Å²) in [6.45, 7) is 0.828. The van der Waals surface area contributed by atoms with Gasteiger partial charge < -0.3 is 9.42 Å². The monoisotopic (exact) mass is 224 g/mol. The molecular formula is C10H12N2O2S. The zero-order valence-corrected chi connectivity index (χ0v) is 9.13. The van der Waals surface area contributed by atoms with Gasteiger partial charge in [0.1, 0.15) is 5.76 Å². The predicted molar refractivity (Wildman–Crippen MR) is 56.8 cm³/mol. The van der Waals surface area contributed by atoms with Gasteiger partial charge in [0.25, 0.3) is 5.91 Å². The van der Waals surface area contributed by atoms with Crippen LogP contribution in [0.5, 0.6) is 0 Å². The van der Waals surface area contributed by atoms with E-state index in [0.717, 1.165) is 23.9 Å². The quantitative estimate of drug-likeness (QED) is 0.767. The molecule has 0 aromatic carbocycles. The molecular weight excluding hydrogens is 212 g/mol. The van der Waals surface area contributed by atoms with E-state index in [1.54, 1.807) is 11.8 Å². The molecule has 2 heterocycles. The summed E-state index contributed by atoms with van der Waals surface area (Å²) in [7, 11) is 0. The van der Waals surface area contributed by atoms with Gasteiger partial charge in [0.15, 0.2) is 5.69 Å². The number of thioether (sulfide) groups is 1. The first-order valence-corrected chi connectivity index (χ1v) is 6.34. The van der Waals surface area contributed by atoms with Crippen LogP contribution in [0.25, 0.3) is 0 Å². The van der Waals surface area contributed by atoms with E-state index in [4.69, 9.17) is 4.52 Å². The lowest BCUT2D eigenvalue weighted by molar-refractivity contribution is 0.0792. The number of hydrogen-bond acceptors (Lipinski definition) is 4. The van der Waals surface area contributed by atoms with Crippen molar-refractivity contribution in [1.29, 1.82) is 0 Å². The van der Waals surface area contributed by atoms with Crippen LogP contribution in [0.3, 0.4) is 0 Å². The van der Waals surface area contributed by atoms with Crippen LogP contribution in [-0.2, 0) is 0 Å². The summed E-state index contributed by atoms with van der Waals surface area (Å²) < 4.78 is 5.16. The highest BCUT2D eigenvalue weighted by Crippen LogP contribution is 2.40. The minimum absolute atomic E-state index is 0.00986. The fourth-order valence-corrected chi connectivity index (χ4v) is 2.63. The maximum Gasteiger partial charge on any atom is 0.276 e. The zero-order chi connectivity index (χ0) is 10.3. The van der Waals surface area contributed by atoms with Crippen molar-refractivity contribution in [2.45, 2.75) is 18.8 Å². The lowest BCUT2D eigenvalue weighted by Crippen LogP contribution is -2.27. The van der Waals surface area contributed by atoms with Crippen LogP contribution in [0.1, 0.15) is 35.0 Å². The fourth-order valence-electron chi connectivity index (χ4n) is 1.69. The van der Waals surface area contributed by atoms with Crippen molar-refractivity contribution < 1.29 is 9.32 Å². The summed E-state index contributed by atoms with van der Waals surface area (Å²) in [6, 6.07) is 1.81. The first-order valence-electron chi connectivity index (χ1n) is 5.18. The van der Waals surface area contributed by atoms with Crippen LogP contribution in [0.15, 0.2) is 10.6 Å². The van der Waals surface area contributed by atoms with Crippen molar-refractivity contribution in [1.82, 2.24) is 10.1 Å². The molecule has 2 aliphatic rings. The molecule has 0 N–H and O–H groups in total. The highest BCUT2D eigenvalue weighted by molar-refractivity contribution is 7.99. The van der Waals surface area contributed by atoms with Gasteiger partial charge in [-0.15, -0.1) is 11.8 Å². The molecule has 5 heteroatoms. The van der Waals surface area contributed by atoms with Crippen LogP contribution >= 0.6 is 11.8 Å². The molecule has 0 bridgehead atoms. The molecule has 2 fully saturated rings. The standard InChI is InChI=1S/C10H12N2O2S/c13-10(12-3-4-15-6-12)8-5-9(14-11-8)7-1-2-7/h5,7H,1-4,6H2. The molecule has 1 aromatic heterocycles. The molecule has 0 radical (unpaired) electrons. The van der Waals surface area contributed by atoms with Gasteiger partial charge in [-0.3, -0.25) is 4.79 Å². The molecule has 1 aliphatic heterocycles. The van der Waals surface area contributed by atoms with Gasteiger partial charge in [-0.05, 0) is 12.8 Å². The third-order valence-corrected chi connectivity index (χ3v) is 3.73. The first-order chi connectivity index (χ1) is 7.34. The van der Waals surface area contributed by atoms with E-state index in [1.165, 1.54) is 12.8 Å². The van der Waals surface area contributed by atoms with E-state index >= 15 is 0 Å². The Morgan fingerprint density at radius 3 is 3.13 bits per heavy atom. The molecule has 1 amide bonds. The van der Waals surface area contributed by atoms with Crippen molar-refractivity contribution in [3.63, 3.8) is 0 Å². The Kier molecular flexibility index (Phi) is 2.20. The normalized spacial score (nSPS) is 20.9.